The Bertz CT molecular complexity index is 1750. The maximum Gasteiger partial charge on any atom is 0.407 e. The molecule has 1 aliphatic rings. The number of benzene rings is 2. The average Bonchev–Trinajstić information content (AvgIpc) is 3.45. The molecule has 0 spiro atoms. The Morgan fingerprint density at radius 1 is 0.902 bits per heavy atom. The number of rotatable bonds is 15. The first-order valence-corrected chi connectivity index (χ1v) is 17.5. The van der Waals surface area contributed by atoms with E-state index in [1.165, 1.54) is 0 Å². The Morgan fingerprint density at radius 2 is 1.59 bits per heavy atom. The minimum Gasteiger partial charge on any atom is -0.444 e. The zero-order valence-corrected chi connectivity index (χ0v) is 30.2. The summed E-state index contributed by atoms with van der Waals surface area (Å²) in [5, 5.41) is 17.0. The van der Waals surface area contributed by atoms with E-state index >= 15 is 0 Å². The Balaban J connectivity index is 1.13. The van der Waals surface area contributed by atoms with E-state index in [9.17, 15) is 9.90 Å². The summed E-state index contributed by atoms with van der Waals surface area (Å²) in [7, 11) is 0. The van der Waals surface area contributed by atoms with E-state index in [1.807, 2.05) is 62.5 Å². The van der Waals surface area contributed by atoms with Gasteiger partial charge in [0.1, 0.15) is 18.0 Å². The third kappa shape index (κ3) is 11.2. The van der Waals surface area contributed by atoms with Gasteiger partial charge in [-0.25, -0.2) is 9.78 Å². The van der Waals surface area contributed by atoms with Crippen molar-refractivity contribution in [2.24, 2.45) is 0 Å². The molecule has 0 radical (unpaired) electrons. The first kappa shape index (κ1) is 37.7. The molecule has 1 aliphatic heterocycles. The maximum atomic E-state index is 11.6. The molecule has 0 aliphatic carbocycles. The van der Waals surface area contributed by atoms with Crippen LogP contribution in [0.2, 0.25) is 0 Å². The van der Waals surface area contributed by atoms with Crippen LogP contribution >= 0.6 is 0 Å². The van der Waals surface area contributed by atoms with E-state index in [1.54, 1.807) is 0 Å². The van der Waals surface area contributed by atoms with Crippen molar-refractivity contribution < 1.29 is 28.8 Å². The highest BCUT2D eigenvalue weighted by Crippen LogP contribution is 2.33. The highest BCUT2D eigenvalue weighted by atomic mass is 16.6. The van der Waals surface area contributed by atoms with Gasteiger partial charge in [0.25, 0.3) is 0 Å². The van der Waals surface area contributed by atoms with Crippen molar-refractivity contribution in [3.63, 3.8) is 0 Å². The quantitative estimate of drug-likeness (QED) is 0.136. The number of nitrogens with zero attached hydrogens (tertiary/aromatic N) is 5. The van der Waals surface area contributed by atoms with Gasteiger partial charge in [-0.3, -0.25) is 4.90 Å². The number of carbonyl (C=O) groups is 1. The van der Waals surface area contributed by atoms with E-state index in [2.05, 4.69) is 57.3 Å². The number of nitrogens with one attached hydrogen (secondary N) is 1. The van der Waals surface area contributed by atoms with Gasteiger partial charge < -0.3 is 34.3 Å². The van der Waals surface area contributed by atoms with Crippen LogP contribution in [0.5, 0.6) is 0 Å². The van der Waals surface area contributed by atoms with Gasteiger partial charge in [0.15, 0.2) is 5.65 Å². The lowest BCUT2D eigenvalue weighted by Gasteiger charge is -2.35. The number of carbonyl (C=O) groups excluding carboxylic acids is 1. The standard InChI is InChI=1S/C39H50N6O6/c1-30-36(33-10-6-5-7-11-33)37-41-34(29-35(45(37)42-30)44-19-17-43(18-20-44)21-22-46)32-14-12-31(13-15-32)9-8-23-48-25-27-50-28-26-49-24-16-40-38(47)51-39(2,3)4/h5-7,10-15,29,46H,16-28H2,1-4H3,(H,40,47). The van der Waals surface area contributed by atoms with Crippen LogP contribution in [0.25, 0.3) is 28.0 Å². The van der Waals surface area contributed by atoms with Crippen LogP contribution in [0.3, 0.4) is 0 Å². The number of β-amino-alcohol motifs (C(OH)–C–C–N with tert-alkyl or cyclic N) is 1. The molecular weight excluding hydrogens is 648 g/mol. The summed E-state index contributed by atoms with van der Waals surface area (Å²) in [5.41, 5.74) is 6.12. The van der Waals surface area contributed by atoms with Gasteiger partial charge in [0.05, 0.1) is 51.0 Å². The Morgan fingerprint density at radius 3 is 2.27 bits per heavy atom. The highest BCUT2D eigenvalue weighted by molar-refractivity contribution is 5.83. The van der Waals surface area contributed by atoms with Crippen molar-refractivity contribution in [3.8, 4) is 34.2 Å². The predicted octanol–water partition coefficient (Wildman–Crippen LogP) is 4.41. The summed E-state index contributed by atoms with van der Waals surface area (Å²) in [6.07, 6.45) is -0.455. The number of hydrogen-bond acceptors (Lipinski definition) is 10. The largest absolute Gasteiger partial charge is 0.444 e. The van der Waals surface area contributed by atoms with Gasteiger partial charge in [-0.05, 0) is 45.4 Å². The third-order valence-electron chi connectivity index (χ3n) is 8.17. The zero-order chi connectivity index (χ0) is 36.1. The normalized spacial score (nSPS) is 13.6. The highest BCUT2D eigenvalue weighted by Gasteiger charge is 2.23. The van der Waals surface area contributed by atoms with E-state index < -0.39 is 11.7 Å². The second-order valence-corrected chi connectivity index (χ2v) is 13.2. The number of piperazine rings is 1. The van der Waals surface area contributed by atoms with Crippen LogP contribution in [0.1, 0.15) is 32.0 Å². The number of hydrogen-bond donors (Lipinski definition) is 2. The van der Waals surface area contributed by atoms with Crippen LogP contribution in [-0.4, -0.2) is 122 Å². The van der Waals surface area contributed by atoms with E-state index in [4.69, 9.17) is 29.0 Å². The van der Waals surface area contributed by atoms with Gasteiger partial charge in [-0.1, -0.05) is 54.3 Å². The molecule has 4 aromatic rings. The van der Waals surface area contributed by atoms with E-state index in [0.29, 0.717) is 52.7 Å². The summed E-state index contributed by atoms with van der Waals surface area (Å²) < 4.78 is 23.7. The van der Waals surface area contributed by atoms with Crippen LogP contribution in [-0.2, 0) is 18.9 Å². The SMILES string of the molecule is Cc1nn2c(N3CCN(CCO)CC3)cc(-c3ccc(C#CCOCCOCCOCCNC(=O)OC(C)(C)C)cc3)nc2c1-c1ccccc1. The van der Waals surface area contributed by atoms with E-state index in [0.717, 1.165) is 71.3 Å². The molecule has 51 heavy (non-hydrogen) atoms. The molecule has 1 saturated heterocycles. The van der Waals surface area contributed by atoms with Crippen molar-refractivity contribution in [3.05, 3.63) is 71.9 Å². The fourth-order valence-electron chi connectivity index (χ4n) is 5.73. The van der Waals surface area contributed by atoms with Crippen molar-refractivity contribution in [2.45, 2.75) is 33.3 Å². The van der Waals surface area contributed by atoms with Crippen LogP contribution < -0.4 is 10.2 Å². The number of fused-ring (bicyclic) bond motifs is 1. The fraction of sp³-hybridized carbons (Fsp3) is 0.462. The number of anilines is 1. The van der Waals surface area contributed by atoms with Gasteiger partial charge in [0.2, 0.25) is 0 Å². The number of ether oxygens (including phenoxy) is 4. The second kappa shape index (κ2) is 18.6. The molecule has 3 heterocycles. The van der Waals surface area contributed by atoms with Gasteiger partial charge in [-0.15, -0.1) is 0 Å². The maximum absolute atomic E-state index is 11.6. The molecule has 5 rings (SSSR count). The monoisotopic (exact) mass is 698 g/mol. The minimum absolute atomic E-state index is 0.169. The predicted molar refractivity (Wildman–Crippen MR) is 198 cm³/mol. The molecule has 1 fully saturated rings. The second-order valence-electron chi connectivity index (χ2n) is 13.2. The molecule has 1 amide bonds. The first-order valence-electron chi connectivity index (χ1n) is 17.5. The topological polar surface area (TPSA) is 123 Å². The van der Waals surface area contributed by atoms with Crippen LogP contribution in [0.4, 0.5) is 10.6 Å². The molecule has 0 saturated carbocycles. The minimum atomic E-state index is -0.521. The number of alkyl carbamates (subject to hydrolysis) is 1. The molecule has 12 heteroatoms. The summed E-state index contributed by atoms with van der Waals surface area (Å²) >= 11 is 0. The summed E-state index contributed by atoms with van der Waals surface area (Å²) in [4.78, 5) is 21.4. The molecule has 0 bridgehead atoms. The van der Waals surface area contributed by atoms with Gasteiger partial charge >= 0.3 is 6.09 Å². The number of aliphatic hydroxyl groups excluding tert-OH is 1. The summed E-state index contributed by atoms with van der Waals surface area (Å²) in [6, 6.07) is 20.6. The van der Waals surface area contributed by atoms with E-state index in [-0.39, 0.29) is 6.61 Å². The van der Waals surface area contributed by atoms with Crippen LogP contribution in [0.15, 0.2) is 60.7 Å². The molecule has 0 unspecified atom stereocenters. The Kier molecular flexibility index (Phi) is 13.8. The van der Waals surface area contributed by atoms with Gasteiger partial charge in [0, 0.05) is 62.0 Å². The Hall–Kier alpha value is -4.51. The summed E-state index contributed by atoms with van der Waals surface area (Å²) in [5.74, 6) is 7.26. The fourth-order valence-corrected chi connectivity index (χ4v) is 5.73. The van der Waals surface area contributed by atoms with Crippen molar-refractivity contribution in [2.75, 3.05) is 90.4 Å². The number of aromatic nitrogens is 3. The number of aryl methyl sites for hydroxylation is 1. The van der Waals surface area contributed by atoms with Crippen molar-refractivity contribution in [1.82, 2.24) is 24.8 Å². The molecule has 2 aromatic carbocycles. The molecule has 12 nitrogen and oxygen atoms in total. The van der Waals surface area contributed by atoms with Crippen molar-refractivity contribution >= 4 is 17.6 Å². The first-order chi connectivity index (χ1) is 24.7. The number of aliphatic hydroxyl groups is 1. The van der Waals surface area contributed by atoms with Gasteiger partial charge in [-0.2, -0.15) is 9.61 Å². The lowest BCUT2D eigenvalue weighted by molar-refractivity contribution is 0.0193. The number of amides is 1. The molecule has 2 N–H and O–H groups in total. The lowest BCUT2D eigenvalue weighted by Crippen LogP contribution is -2.47. The molecule has 272 valence electrons. The average molecular weight is 699 g/mol. The lowest BCUT2D eigenvalue weighted by atomic mass is 10.1. The van der Waals surface area contributed by atoms with Crippen molar-refractivity contribution in [1.29, 1.82) is 0 Å². The molecular formula is C39H50N6O6. The molecule has 2 aromatic heterocycles. The Labute approximate surface area is 300 Å². The van der Waals surface area contributed by atoms with Crippen LogP contribution in [0, 0.1) is 18.8 Å². The third-order valence-corrected chi connectivity index (χ3v) is 8.17. The molecule has 0 atom stereocenters. The zero-order valence-electron chi connectivity index (χ0n) is 30.2. The smallest absolute Gasteiger partial charge is 0.407 e. The summed E-state index contributed by atoms with van der Waals surface area (Å²) in [6.45, 7) is 14.6.